The number of carbonyl (C=O) groups is 2. The van der Waals surface area contributed by atoms with E-state index in [4.69, 9.17) is 5.11 Å². The van der Waals surface area contributed by atoms with E-state index in [0.29, 0.717) is 5.82 Å². The summed E-state index contributed by atoms with van der Waals surface area (Å²) in [5, 5.41) is 15.0. The third-order valence-corrected chi connectivity index (χ3v) is 4.46. The number of amides is 1. The minimum atomic E-state index is -1.08. The van der Waals surface area contributed by atoms with E-state index in [9.17, 15) is 9.59 Å². The van der Waals surface area contributed by atoms with Crippen LogP contribution in [0.25, 0.3) is 0 Å². The summed E-state index contributed by atoms with van der Waals surface area (Å²) in [7, 11) is 0. The van der Waals surface area contributed by atoms with Gasteiger partial charge in [0.1, 0.15) is 5.82 Å². The number of aromatic nitrogens is 1. The molecule has 0 spiro atoms. The number of nitrogens with one attached hydrogen (secondary N) is 2. The lowest BCUT2D eigenvalue weighted by Crippen LogP contribution is -2.24. The maximum Gasteiger partial charge on any atom is 0.354 e. The first kappa shape index (κ1) is 18.7. The number of benzene rings is 1. The molecule has 1 aliphatic rings. The van der Waals surface area contributed by atoms with Crippen LogP contribution in [0.15, 0.2) is 42.5 Å². The van der Waals surface area contributed by atoms with Crippen molar-refractivity contribution in [3.05, 3.63) is 48.2 Å². The molecule has 0 bridgehead atoms. The second kappa shape index (κ2) is 8.53. The van der Waals surface area contributed by atoms with Crippen LogP contribution >= 0.6 is 0 Å². The number of carbonyl (C=O) groups excluding carboxylic acids is 1. The van der Waals surface area contributed by atoms with Gasteiger partial charge in [-0.25, -0.2) is 9.78 Å². The van der Waals surface area contributed by atoms with Gasteiger partial charge in [0.25, 0.3) is 0 Å². The monoisotopic (exact) mass is 368 g/mol. The zero-order chi connectivity index (χ0) is 19.2. The molecule has 2 aromatic rings. The highest BCUT2D eigenvalue weighted by molar-refractivity contribution is 5.92. The van der Waals surface area contributed by atoms with Gasteiger partial charge in [-0.15, -0.1) is 0 Å². The Kier molecular flexibility index (Phi) is 5.90. The smallest absolute Gasteiger partial charge is 0.354 e. The predicted octanol–water partition coefficient (Wildman–Crippen LogP) is 3.21. The second-order valence-electron chi connectivity index (χ2n) is 6.76. The van der Waals surface area contributed by atoms with Crippen molar-refractivity contribution in [1.82, 2.24) is 4.98 Å². The summed E-state index contributed by atoms with van der Waals surface area (Å²) in [5.74, 6) is -0.754. The number of carboxylic acids is 1. The number of anilines is 3. The predicted molar refractivity (Wildman–Crippen MR) is 105 cm³/mol. The van der Waals surface area contributed by atoms with Gasteiger partial charge in [-0.3, -0.25) is 4.79 Å². The van der Waals surface area contributed by atoms with Crippen LogP contribution in [0.3, 0.4) is 0 Å². The van der Waals surface area contributed by atoms with Crippen molar-refractivity contribution in [2.75, 3.05) is 28.6 Å². The third-order valence-electron chi connectivity index (χ3n) is 4.46. The first-order valence-electron chi connectivity index (χ1n) is 9.13. The van der Waals surface area contributed by atoms with Crippen LogP contribution in [0.2, 0.25) is 0 Å². The number of rotatable bonds is 7. The fraction of sp³-hybridized carbons (Fsp3) is 0.350. The van der Waals surface area contributed by atoms with Gasteiger partial charge in [0.2, 0.25) is 5.91 Å². The van der Waals surface area contributed by atoms with Crippen molar-refractivity contribution in [2.45, 2.75) is 32.2 Å². The molecule has 27 heavy (non-hydrogen) atoms. The van der Waals surface area contributed by atoms with Gasteiger partial charge in [-0.1, -0.05) is 12.1 Å². The molecule has 0 aliphatic carbocycles. The molecule has 1 aromatic carbocycles. The summed E-state index contributed by atoms with van der Waals surface area (Å²) in [4.78, 5) is 29.7. The zero-order valence-corrected chi connectivity index (χ0v) is 15.3. The Morgan fingerprint density at radius 2 is 1.93 bits per heavy atom. The van der Waals surface area contributed by atoms with Crippen molar-refractivity contribution in [1.29, 1.82) is 0 Å². The van der Waals surface area contributed by atoms with E-state index in [-0.39, 0.29) is 24.1 Å². The number of hydrogen-bond acceptors (Lipinski definition) is 5. The molecule has 1 aliphatic heterocycles. The molecule has 1 saturated heterocycles. The molecule has 1 atom stereocenters. The van der Waals surface area contributed by atoms with Gasteiger partial charge in [0.05, 0.1) is 0 Å². The molecule has 0 radical (unpaired) electrons. The molecule has 3 rings (SSSR count). The number of nitrogens with zero attached hydrogens (tertiary/aromatic N) is 2. The van der Waals surface area contributed by atoms with Crippen molar-refractivity contribution >= 4 is 29.1 Å². The van der Waals surface area contributed by atoms with Crippen LogP contribution in [0.1, 0.15) is 36.7 Å². The molecule has 1 aromatic heterocycles. The maximum absolute atomic E-state index is 12.3. The van der Waals surface area contributed by atoms with Gasteiger partial charge in [-0.2, -0.15) is 0 Å². The summed E-state index contributed by atoms with van der Waals surface area (Å²) >= 11 is 0. The number of pyridine rings is 1. The minimum Gasteiger partial charge on any atom is -0.477 e. The molecule has 1 unspecified atom stereocenters. The highest BCUT2D eigenvalue weighted by Crippen LogP contribution is 2.23. The topological polar surface area (TPSA) is 94.6 Å². The third kappa shape index (κ3) is 5.20. The minimum absolute atomic E-state index is 0.0321. The molecular weight excluding hydrogens is 344 g/mol. The Labute approximate surface area is 158 Å². The summed E-state index contributed by atoms with van der Waals surface area (Å²) in [6, 6.07) is 12.4. The standard InChI is InChI=1S/C20H24N4O3/c1-14(21-18-9-5-8-17(23-18)20(26)27)12-19(25)22-15-6-4-7-16(13-15)24-10-2-3-11-24/h4-9,13-14H,2-3,10-12H2,1H3,(H,21,23)(H,22,25)(H,26,27). The second-order valence-corrected chi connectivity index (χ2v) is 6.76. The van der Waals surface area contributed by atoms with Crippen LogP contribution in [-0.4, -0.2) is 41.1 Å². The van der Waals surface area contributed by atoms with E-state index in [1.807, 2.05) is 25.1 Å². The van der Waals surface area contributed by atoms with E-state index in [1.165, 1.54) is 18.9 Å². The molecule has 0 saturated carbocycles. The molecule has 2 heterocycles. The van der Waals surface area contributed by atoms with E-state index >= 15 is 0 Å². The van der Waals surface area contributed by atoms with E-state index in [2.05, 4.69) is 26.6 Å². The van der Waals surface area contributed by atoms with Gasteiger partial charge in [0, 0.05) is 36.9 Å². The Morgan fingerprint density at radius 3 is 2.67 bits per heavy atom. The van der Waals surface area contributed by atoms with Crippen LogP contribution in [0.4, 0.5) is 17.2 Å². The zero-order valence-electron chi connectivity index (χ0n) is 15.3. The van der Waals surface area contributed by atoms with Gasteiger partial charge >= 0.3 is 5.97 Å². The fourth-order valence-electron chi connectivity index (χ4n) is 3.18. The van der Waals surface area contributed by atoms with E-state index in [1.54, 1.807) is 12.1 Å². The van der Waals surface area contributed by atoms with Crippen molar-refractivity contribution < 1.29 is 14.7 Å². The summed E-state index contributed by atoms with van der Waals surface area (Å²) in [6.07, 6.45) is 2.65. The maximum atomic E-state index is 12.3. The highest BCUT2D eigenvalue weighted by atomic mass is 16.4. The van der Waals surface area contributed by atoms with Gasteiger partial charge in [-0.05, 0) is 50.1 Å². The van der Waals surface area contributed by atoms with Crippen LogP contribution in [0.5, 0.6) is 0 Å². The summed E-state index contributed by atoms with van der Waals surface area (Å²) < 4.78 is 0. The SMILES string of the molecule is CC(CC(=O)Nc1cccc(N2CCCC2)c1)Nc1cccc(C(=O)O)n1. The molecular formula is C20H24N4O3. The largest absolute Gasteiger partial charge is 0.477 e. The van der Waals surface area contributed by atoms with Gasteiger partial charge < -0.3 is 20.6 Å². The lowest BCUT2D eigenvalue weighted by molar-refractivity contribution is -0.116. The van der Waals surface area contributed by atoms with Crippen molar-refractivity contribution in [2.24, 2.45) is 0 Å². The van der Waals surface area contributed by atoms with E-state index in [0.717, 1.165) is 24.5 Å². The number of hydrogen-bond donors (Lipinski definition) is 3. The highest BCUT2D eigenvalue weighted by Gasteiger charge is 2.14. The van der Waals surface area contributed by atoms with Crippen LogP contribution in [-0.2, 0) is 4.79 Å². The van der Waals surface area contributed by atoms with Crippen LogP contribution in [0, 0.1) is 0 Å². The fourth-order valence-corrected chi connectivity index (χ4v) is 3.18. The molecule has 142 valence electrons. The number of aromatic carboxylic acids is 1. The Balaban J connectivity index is 1.55. The first-order valence-corrected chi connectivity index (χ1v) is 9.13. The lowest BCUT2D eigenvalue weighted by atomic mass is 10.2. The van der Waals surface area contributed by atoms with Gasteiger partial charge in [0.15, 0.2) is 5.69 Å². The quantitative estimate of drug-likeness (QED) is 0.695. The van der Waals surface area contributed by atoms with Crippen molar-refractivity contribution in [3.8, 4) is 0 Å². The van der Waals surface area contributed by atoms with E-state index < -0.39 is 5.97 Å². The number of carboxylic acid groups (broad SMARTS) is 1. The Bertz CT molecular complexity index is 818. The first-order chi connectivity index (χ1) is 13.0. The summed E-state index contributed by atoms with van der Waals surface area (Å²) in [6.45, 7) is 3.97. The Hall–Kier alpha value is -3.09. The molecule has 7 nitrogen and oxygen atoms in total. The van der Waals surface area contributed by atoms with Crippen molar-refractivity contribution in [3.63, 3.8) is 0 Å². The Morgan fingerprint density at radius 1 is 1.19 bits per heavy atom. The lowest BCUT2D eigenvalue weighted by Gasteiger charge is -2.19. The average molecular weight is 368 g/mol. The molecule has 1 amide bonds. The average Bonchev–Trinajstić information content (AvgIpc) is 3.16. The normalized spacial score (nSPS) is 14.6. The molecule has 1 fully saturated rings. The van der Waals surface area contributed by atoms with Crippen LogP contribution < -0.4 is 15.5 Å². The summed E-state index contributed by atoms with van der Waals surface area (Å²) in [5.41, 5.74) is 1.88. The molecule has 7 heteroatoms. The molecule has 3 N–H and O–H groups in total.